The van der Waals surface area contributed by atoms with Crippen LogP contribution in [0.25, 0.3) is 0 Å². The van der Waals surface area contributed by atoms with E-state index in [1.807, 2.05) is 19.1 Å². The topological polar surface area (TPSA) is 50.9 Å². The highest BCUT2D eigenvalue weighted by Gasteiger charge is 1.95. The molecule has 0 fully saturated rings. The van der Waals surface area contributed by atoms with Crippen molar-refractivity contribution in [1.29, 1.82) is 0 Å². The summed E-state index contributed by atoms with van der Waals surface area (Å²) in [4.78, 5) is 4.14. The Bertz CT molecular complexity index is 233. The molecule has 0 aromatic carbocycles. The van der Waals surface area contributed by atoms with Gasteiger partial charge in [0.25, 0.3) is 0 Å². The van der Waals surface area contributed by atoms with Crippen molar-refractivity contribution < 1.29 is 0 Å². The van der Waals surface area contributed by atoms with Crippen LogP contribution in [-0.4, -0.2) is 17.6 Å². The lowest BCUT2D eigenvalue weighted by Gasteiger charge is -2.07. The number of aromatic nitrogens is 1. The van der Waals surface area contributed by atoms with E-state index in [2.05, 4.69) is 26.2 Å². The fraction of sp³-hybridized carbons (Fsp3) is 0.375. The Labute approximate surface area is 80.5 Å². The predicted molar refractivity (Wildman–Crippen MR) is 54.1 cm³/mol. The molecule has 0 saturated carbocycles. The van der Waals surface area contributed by atoms with E-state index in [4.69, 9.17) is 5.73 Å². The molecule has 0 aliphatic heterocycles. The van der Waals surface area contributed by atoms with Gasteiger partial charge in [0.05, 0.1) is 0 Å². The van der Waals surface area contributed by atoms with E-state index in [1.54, 1.807) is 6.20 Å². The zero-order valence-corrected chi connectivity index (χ0v) is 8.51. The molecule has 1 aromatic heterocycles. The maximum atomic E-state index is 5.57. The van der Waals surface area contributed by atoms with Crippen LogP contribution in [0.15, 0.2) is 22.8 Å². The van der Waals surface area contributed by atoms with Crippen molar-refractivity contribution in [3.8, 4) is 0 Å². The lowest BCUT2D eigenvalue weighted by Crippen LogP contribution is -2.25. The first kappa shape index (κ1) is 9.48. The van der Waals surface area contributed by atoms with E-state index in [0.717, 1.165) is 16.8 Å². The van der Waals surface area contributed by atoms with Gasteiger partial charge in [-0.3, -0.25) is 0 Å². The smallest absolute Gasteiger partial charge is 0.126 e. The van der Waals surface area contributed by atoms with Crippen LogP contribution < -0.4 is 11.1 Å². The van der Waals surface area contributed by atoms with Gasteiger partial charge in [0.1, 0.15) is 5.82 Å². The van der Waals surface area contributed by atoms with Crippen molar-refractivity contribution in [2.24, 2.45) is 5.73 Å². The molecule has 1 heterocycles. The number of hydrogen-bond donors (Lipinski definition) is 2. The summed E-state index contributed by atoms with van der Waals surface area (Å²) in [6, 6.07) is 4.00. The highest BCUT2D eigenvalue weighted by molar-refractivity contribution is 9.10. The van der Waals surface area contributed by atoms with Gasteiger partial charge in [0, 0.05) is 23.3 Å². The minimum atomic E-state index is 0.149. The molecule has 3 N–H and O–H groups in total. The summed E-state index contributed by atoms with van der Waals surface area (Å²) in [7, 11) is 0. The molecule has 0 radical (unpaired) electrons. The molecule has 4 heteroatoms. The number of hydrogen-bond acceptors (Lipinski definition) is 3. The maximum absolute atomic E-state index is 5.57. The Morgan fingerprint density at radius 1 is 1.67 bits per heavy atom. The predicted octanol–water partition coefficient (Wildman–Crippen LogP) is 1.60. The van der Waals surface area contributed by atoms with Gasteiger partial charge in [-0.2, -0.15) is 0 Å². The van der Waals surface area contributed by atoms with Gasteiger partial charge in [-0.15, -0.1) is 0 Å². The SMILES string of the molecule is CC(N)CNc1ccc(Br)cn1. The van der Waals surface area contributed by atoms with Crippen molar-refractivity contribution in [3.05, 3.63) is 22.8 Å². The van der Waals surface area contributed by atoms with E-state index >= 15 is 0 Å². The molecule has 1 unspecified atom stereocenters. The quantitative estimate of drug-likeness (QED) is 0.829. The summed E-state index contributed by atoms with van der Waals surface area (Å²) < 4.78 is 0.980. The normalized spacial score (nSPS) is 12.6. The monoisotopic (exact) mass is 229 g/mol. The molecule has 12 heavy (non-hydrogen) atoms. The molecule has 66 valence electrons. The third-order valence-corrected chi connectivity index (χ3v) is 1.80. The Morgan fingerprint density at radius 2 is 2.42 bits per heavy atom. The molecule has 0 aliphatic rings. The highest BCUT2D eigenvalue weighted by atomic mass is 79.9. The Kier molecular flexibility index (Phi) is 3.49. The standard InChI is InChI=1S/C8H12BrN3/c1-6(10)4-11-8-3-2-7(9)5-12-8/h2-3,5-6H,4,10H2,1H3,(H,11,12). The average molecular weight is 230 g/mol. The highest BCUT2D eigenvalue weighted by Crippen LogP contribution is 2.09. The summed E-state index contributed by atoms with van der Waals surface area (Å²) in [5, 5.41) is 3.11. The molecule has 0 saturated heterocycles. The number of anilines is 1. The summed E-state index contributed by atoms with van der Waals surface area (Å²) in [5.41, 5.74) is 5.57. The zero-order chi connectivity index (χ0) is 8.97. The van der Waals surface area contributed by atoms with Crippen molar-refractivity contribution in [1.82, 2.24) is 4.98 Å². The minimum Gasteiger partial charge on any atom is -0.369 e. The molecule has 0 spiro atoms. The molecule has 3 nitrogen and oxygen atoms in total. The molecule has 0 bridgehead atoms. The van der Waals surface area contributed by atoms with E-state index in [1.165, 1.54) is 0 Å². The summed E-state index contributed by atoms with van der Waals surface area (Å²) >= 11 is 3.31. The van der Waals surface area contributed by atoms with Gasteiger partial charge in [0.15, 0.2) is 0 Å². The second kappa shape index (κ2) is 4.42. The van der Waals surface area contributed by atoms with Crippen LogP contribution in [0.3, 0.4) is 0 Å². The third kappa shape index (κ3) is 3.19. The van der Waals surface area contributed by atoms with Crippen LogP contribution in [0.1, 0.15) is 6.92 Å². The number of nitrogens with two attached hydrogens (primary N) is 1. The van der Waals surface area contributed by atoms with E-state index in [-0.39, 0.29) is 6.04 Å². The van der Waals surface area contributed by atoms with Crippen molar-refractivity contribution >= 4 is 21.7 Å². The van der Waals surface area contributed by atoms with Crippen molar-refractivity contribution in [3.63, 3.8) is 0 Å². The summed E-state index contributed by atoms with van der Waals surface area (Å²) in [6.45, 7) is 2.69. The fourth-order valence-corrected chi connectivity index (χ4v) is 0.980. The Hall–Kier alpha value is -0.610. The fourth-order valence-electron chi connectivity index (χ4n) is 0.746. The van der Waals surface area contributed by atoms with Gasteiger partial charge < -0.3 is 11.1 Å². The molecular formula is C8H12BrN3. The third-order valence-electron chi connectivity index (χ3n) is 1.33. The maximum Gasteiger partial charge on any atom is 0.126 e. The van der Waals surface area contributed by atoms with E-state index < -0.39 is 0 Å². The summed E-state index contributed by atoms with van der Waals surface area (Å²) in [6.07, 6.45) is 1.75. The Balaban J connectivity index is 2.48. The molecular weight excluding hydrogens is 218 g/mol. The van der Waals surface area contributed by atoms with Crippen molar-refractivity contribution in [2.45, 2.75) is 13.0 Å². The molecule has 1 atom stereocenters. The average Bonchev–Trinajstić information content (AvgIpc) is 2.03. The molecule has 0 aliphatic carbocycles. The summed E-state index contributed by atoms with van der Waals surface area (Å²) in [5.74, 6) is 0.857. The van der Waals surface area contributed by atoms with E-state index in [9.17, 15) is 0 Å². The second-order valence-electron chi connectivity index (χ2n) is 2.72. The minimum absolute atomic E-state index is 0.149. The van der Waals surface area contributed by atoms with Gasteiger partial charge in [-0.25, -0.2) is 4.98 Å². The number of nitrogens with zero attached hydrogens (tertiary/aromatic N) is 1. The lowest BCUT2D eigenvalue weighted by atomic mass is 10.3. The van der Waals surface area contributed by atoms with Gasteiger partial charge >= 0.3 is 0 Å². The van der Waals surface area contributed by atoms with Crippen LogP contribution in [-0.2, 0) is 0 Å². The van der Waals surface area contributed by atoms with Crippen LogP contribution in [0.4, 0.5) is 5.82 Å². The van der Waals surface area contributed by atoms with Gasteiger partial charge in [0.2, 0.25) is 0 Å². The van der Waals surface area contributed by atoms with Gasteiger partial charge in [-0.1, -0.05) is 0 Å². The first-order valence-electron chi connectivity index (χ1n) is 3.79. The van der Waals surface area contributed by atoms with Crippen LogP contribution in [0.5, 0.6) is 0 Å². The van der Waals surface area contributed by atoms with E-state index in [0.29, 0.717) is 0 Å². The first-order valence-corrected chi connectivity index (χ1v) is 4.59. The van der Waals surface area contributed by atoms with Crippen molar-refractivity contribution in [2.75, 3.05) is 11.9 Å². The number of pyridine rings is 1. The van der Waals surface area contributed by atoms with Crippen LogP contribution in [0.2, 0.25) is 0 Å². The molecule has 1 aromatic rings. The number of nitrogens with one attached hydrogen (secondary N) is 1. The first-order chi connectivity index (χ1) is 5.68. The lowest BCUT2D eigenvalue weighted by molar-refractivity contribution is 0.777. The van der Waals surface area contributed by atoms with Crippen LogP contribution in [0, 0.1) is 0 Å². The van der Waals surface area contributed by atoms with Crippen LogP contribution >= 0.6 is 15.9 Å². The molecule has 1 rings (SSSR count). The zero-order valence-electron chi connectivity index (χ0n) is 6.92. The largest absolute Gasteiger partial charge is 0.369 e. The molecule has 0 amide bonds. The van der Waals surface area contributed by atoms with Gasteiger partial charge in [-0.05, 0) is 35.0 Å². The second-order valence-corrected chi connectivity index (χ2v) is 3.64. The number of rotatable bonds is 3. The Morgan fingerprint density at radius 3 is 2.92 bits per heavy atom. The number of halogens is 1.